The highest BCUT2D eigenvalue weighted by atomic mass is 35.5. The maximum Gasteiger partial charge on any atom is 0.337 e. The molecule has 2 rings (SSSR count). The standard InChI is InChI=1S/C14H10Cl4N4O/c1-6(7-2-4-8(15)5-3-7)21-22-14(23)12-9(16)11(19)10(17)13(18)20-12/h2-5H,1H3,(H2,19,20)(H,22,23)/p+1/b21-6-. The average molecular weight is 393 g/mol. The Hall–Kier alpha value is -1.53. The minimum Gasteiger partial charge on any atom is -0.396 e. The zero-order valence-electron chi connectivity index (χ0n) is 11.8. The number of H-pyrrole nitrogens is 1. The maximum atomic E-state index is 12.2. The molecule has 5 nitrogen and oxygen atoms in total. The van der Waals surface area contributed by atoms with Gasteiger partial charge < -0.3 is 5.73 Å². The van der Waals surface area contributed by atoms with Crippen LogP contribution >= 0.6 is 46.4 Å². The molecule has 1 heterocycles. The number of anilines is 1. The van der Waals surface area contributed by atoms with Crippen LogP contribution in [-0.4, -0.2) is 11.6 Å². The fraction of sp³-hybridized carbons (Fsp3) is 0.0714. The van der Waals surface area contributed by atoms with Gasteiger partial charge in [0.2, 0.25) is 0 Å². The van der Waals surface area contributed by atoms with Gasteiger partial charge in [-0.2, -0.15) is 10.1 Å². The first kappa shape index (κ1) is 17.8. The molecule has 1 aromatic carbocycles. The van der Waals surface area contributed by atoms with Crippen LogP contribution < -0.4 is 16.1 Å². The van der Waals surface area contributed by atoms with E-state index in [1.54, 1.807) is 31.2 Å². The van der Waals surface area contributed by atoms with E-state index in [-0.39, 0.29) is 26.6 Å². The molecule has 0 aliphatic heterocycles. The first-order valence-electron chi connectivity index (χ1n) is 6.27. The number of pyridine rings is 1. The lowest BCUT2D eigenvalue weighted by atomic mass is 10.1. The molecule has 23 heavy (non-hydrogen) atoms. The molecule has 0 aliphatic rings. The third-order valence-corrected chi connectivity index (χ3v) is 4.35. The summed E-state index contributed by atoms with van der Waals surface area (Å²) in [6.07, 6.45) is 0. The summed E-state index contributed by atoms with van der Waals surface area (Å²) >= 11 is 23.5. The highest BCUT2D eigenvalue weighted by Crippen LogP contribution is 2.31. The van der Waals surface area contributed by atoms with E-state index >= 15 is 0 Å². The maximum absolute atomic E-state index is 12.2. The Balaban J connectivity index is 2.23. The van der Waals surface area contributed by atoms with Crippen LogP contribution in [0.2, 0.25) is 20.2 Å². The molecular weight excluding hydrogens is 382 g/mol. The van der Waals surface area contributed by atoms with E-state index in [1.807, 2.05) is 0 Å². The van der Waals surface area contributed by atoms with Crippen LogP contribution in [0.15, 0.2) is 29.4 Å². The second-order valence-electron chi connectivity index (χ2n) is 4.50. The van der Waals surface area contributed by atoms with Crippen LogP contribution in [0.1, 0.15) is 23.0 Å². The third kappa shape index (κ3) is 4.06. The summed E-state index contributed by atoms with van der Waals surface area (Å²) in [5, 5.41) is 4.64. The number of nitrogens with zero attached hydrogens (tertiary/aromatic N) is 1. The Morgan fingerprint density at radius 3 is 2.35 bits per heavy atom. The molecule has 9 heteroatoms. The van der Waals surface area contributed by atoms with Gasteiger partial charge in [0.1, 0.15) is 10.0 Å². The molecule has 0 aliphatic carbocycles. The number of amides is 1. The molecule has 0 atom stereocenters. The molecule has 0 bridgehead atoms. The van der Waals surface area contributed by atoms with Crippen LogP contribution in [-0.2, 0) is 0 Å². The van der Waals surface area contributed by atoms with Crippen LogP contribution in [0.3, 0.4) is 0 Å². The first-order valence-corrected chi connectivity index (χ1v) is 7.78. The van der Waals surface area contributed by atoms with Crippen LogP contribution in [0.4, 0.5) is 5.69 Å². The van der Waals surface area contributed by atoms with Crippen molar-refractivity contribution in [3.63, 3.8) is 0 Å². The minimum absolute atomic E-state index is 0.0112. The second kappa shape index (κ2) is 7.36. The lowest BCUT2D eigenvalue weighted by Crippen LogP contribution is -2.29. The van der Waals surface area contributed by atoms with Crippen molar-refractivity contribution in [3.05, 3.63) is 55.7 Å². The molecule has 0 unspecified atom stereocenters. The molecule has 1 aromatic heterocycles. The molecule has 2 aromatic rings. The number of nitrogens with two attached hydrogens (primary N) is 1. The zero-order chi connectivity index (χ0) is 17.1. The van der Waals surface area contributed by atoms with Crippen molar-refractivity contribution in [1.29, 1.82) is 0 Å². The minimum atomic E-state index is -0.603. The Kier molecular flexibility index (Phi) is 5.70. The van der Waals surface area contributed by atoms with Crippen LogP contribution in [0.5, 0.6) is 0 Å². The quantitative estimate of drug-likeness (QED) is 0.472. The van der Waals surface area contributed by atoms with Gasteiger partial charge in [-0.15, -0.1) is 0 Å². The summed E-state index contributed by atoms with van der Waals surface area (Å²) in [6, 6.07) is 7.01. The normalized spacial score (nSPS) is 11.4. The van der Waals surface area contributed by atoms with Crippen LogP contribution in [0, 0.1) is 0 Å². The molecule has 0 saturated heterocycles. The van der Waals surface area contributed by atoms with Crippen molar-refractivity contribution in [1.82, 2.24) is 5.43 Å². The number of nitrogen functional groups attached to an aromatic ring is 1. The number of benzene rings is 1. The number of hydrazone groups is 1. The van der Waals surface area contributed by atoms with E-state index in [9.17, 15) is 4.79 Å². The molecule has 0 fully saturated rings. The fourth-order valence-corrected chi connectivity index (χ4v) is 2.41. The van der Waals surface area contributed by atoms with Gasteiger partial charge in [-0.05, 0) is 36.2 Å². The molecule has 120 valence electrons. The third-order valence-electron chi connectivity index (χ3n) is 2.93. The Bertz CT molecular complexity index is 790. The molecule has 0 saturated carbocycles. The number of carbonyl (C=O) groups is 1. The SMILES string of the molecule is C/C(=N/NC(=O)c1[nH+]c(Cl)c(Cl)c(N)c1Cl)c1ccc(Cl)cc1. The summed E-state index contributed by atoms with van der Waals surface area (Å²) in [5.41, 5.74) is 9.42. The van der Waals surface area contributed by atoms with Crippen molar-refractivity contribution in [2.45, 2.75) is 6.92 Å². The monoisotopic (exact) mass is 391 g/mol. The Labute approximate surface area is 152 Å². The van der Waals surface area contributed by atoms with E-state index in [4.69, 9.17) is 52.1 Å². The van der Waals surface area contributed by atoms with Crippen molar-refractivity contribution >= 4 is 63.7 Å². The molecule has 0 spiro atoms. The van der Waals surface area contributed by atoms with Gasteiger partial charge in [-0.25, -0.2) is 5.43 Å². The molecule has 4 N–H and O–H groups in total. The van der Waals surface area contributed by atoms with Crippen LogP contribution in [0.25, 0.3) is 0 Å². The average Bonchev–Trinajstić information content (AvgIpc) is 2.54. The van der Waals surface area contributed by atoms with Gasteiger partial charge in [0.05, 0.1) is 11.4 Å². The number of nitrogens with one attached hydrogen (secondary N) is 2. The van der Waals surface area contributed by atoms with Crippen molar-refractivity contribution in [2.24, 2.45) is 5.10 Å². The van der Waals surface area contributed by atoms with Gasteiger partial charge in [0.25, 0.3) is 10.8 Å². The van der Waals surface area contributed by atoms with E-state index in [0.29, 0.717) is 10.7 Å². The summed E-state index contributed by atoms with van der Waals surface area (Å²) in [4.78, 5) is 14.7. The Morgan fingerprint density at radius 2 is 1.74 bits per heavy atom. The summed E-state index contributed by atoms with van der Waals surface area (Å²) in [7, 11) is 0. The van der Waals surface area contributed by atoms with E-state index in [0.717, 1.165) is 5.56 Å². The predicted molar refractivity (Wildman–Crippen MR) is 93.6 cm³/mol. The first-order chi connectivity index (χ1) is 10.8. The van der Waals surface area contributed by atoms with Crippen molar-refractivity contribution in [3.8, 4) is 0 Å². The lowest BCUT2D eigenvalue weighted by Gasteiger charge is -2.04. The van der Waals surface area contributed by atoms with Crippen molar-refractivity contribution in [2.75, 3.05) is 5.73 Å². The molecule has 1 amide bonds. The van der Waals surface area contributed by atoms with Gasteiger partial charge in [-0.1, -0.05) is 46.9 Å². The zero-order valence-corrected chi connectivity index (χ0v) is 14.8. The Morgan fingerprint density at radius 1 is 1.13 bits per heavy atom. The number of hydrogen-bond donors (Lipinski definition) is 2. The van der Waals surface area contributed by atoms with Gasteiger partial charge in [0.15, 0.2) is 0 Å². The highest BCUT2D eigenvalue weighted by molar-refractivity contribution is 6.45. The predicted octanol–water partition coefficient (Wildman–Crippen LogP) is 3.85. The second-order valence-corrected chi connectivity index (χ2v) is 6.07. The number of rotatable bonds is 3. The van der Waals surface area contributed by atoms with E-state index in [2.05, 4.69) is 15.5 Å². The summed E-state index contributed by atoms with van der Waals surface area (Å²) in [6.45, 7) is 1.73. The van der Waals surface area contributed by atoms with Gasteiger partial charge in [0, 0.05) is 5.02 Å². The highest BCUT2D eigenvalue weighted by Gasteiger charge is 2.25. The van der Waals surface area contributed by atoms with E-state index in [1.165, 1.54) is 0 Å². The summed E-state index contributed by atoms with van der Waals surface area (Å²) < 4.78 is 0. The van der Waals surface area contributed by atoms with Gasteiger partial charge >= 0.3 is 5.91 Å². The fourth-order valence-electron chi connectivity index (χ4n) is 1.67. The van der Waals surface area contributed by atoms with Crippen molar-refractivity contribution < 1.29 is 9.78 Å². The lowest BCUT2D eigenvalue weighted by molar-refractivity contribution is -0.379. The number of halogens is 4. The van der Waals surface area contributed by atoms with E-state index < -0.39 is 5.91 Å². The number of carbonyl (C=O) groups excluding carboxylic acids is 1. The summed E-state index contributed by atoms with van der Waals surface area (Å²) in [5.74, 6) is -0.603. The number of aromatic amines is 1. The molecule has 0 radical (unpaired) electrons. The largest absolute Gasteiger partial charge is 0.396 e. The molecular formula is C14H11Cl4N4O+. The van der Waals surface area contributed by atoms with Gasteiger partial charge in [-0.3, -0.25) is 4.79 Å². The number of hydrogen-bond acceptors (Lipinski definition) is 3. The topological polar surface area (TPSA) is 81.6 Å². The smallest absolute Gasteiger partial charge is 0.337 e. The number of aromatic nitrogens is 1.